The van der Waals surface area contributed by atoms with Crippen molar-refractivity contribution in [2.24, 2.45) is 5.73 Å². The number of nitrogens with zero attached hydrogens (tertiary/aromatic N) is 1. The van der Waals surface area contributed by atoms with Gasteiger partial charge in [0.15, 0.2) is 5.75 Å². The first kappa shape index (κ1) is 12.3. The van der Waals surface area contributed by atoms with Gasteiger partial charge in [-0.25, -0.2) is 0 Å². The van der Waals surface area contributed by atoms with Crippen molar-refractivity contribution >= 4 is 5.69 Å². The maximum Gasteiger partial charge on any atom is 0.314 e. The molecule has 0 amide bonds. The molecule has 6 heteroatoms. The van der Waals surface area contributed by atoms with Crippen LogP contribution in [0.25, 0.3) is 0 Å². The van der Waals surface area contributed by atoms with Gasteiger partial charge >= 0.3 is 5.69 Å². The highest BCUT2D eigenvalue weighted by Gasteiger charge is 2.20. The Bertz CT molecular complexity index is 406. The maximum absolute atomic E-state index is 10.6. The van der Waals surface area contributed by atoms with Gasteiger partial charge in [0, 0.05) is 12.1 Å². The molecule has 0 aromatic heterocycles. The zero-order valence-electron chi connectivity index (χ0n) is 8.88. The Morgan fingerprint density at radius 1 is 1.50 bits per heavy atom. The van der Waals surface area contributed by atoms with Crippen molar-refractivity contribution in [3.63, 3.8) is 0 Å². The molecule has 16 heavy (non-hydrogen) atoms. The summed E-state index contributed by atoms with van der Waals surface area (Å²) in [7, 11) is 0. The summed E-state index contributed by atoms with van der Waals surface area (Å²) in [5.74, 6) is -1.24. The number of nitrogens with two attached hydrogens (primary N) is 1. The van der Waals surface area contributed by atoms with Gasteiger partial charge in [0.05, 0.1) is 4.92 Å². The lowest BCUT2D eigenvalue weighted by Crippen LogP contribution is -2.10. The van der Waals surface area contributed by atoms with E-state index in [0.29, 0.717) is 12.0 Å². The van der Waals surface area contributed by atoms with Crippen molar-refractivity contribution in [2.45, 2.75) is 25.8 Å². The van der Waals surface area contributed by atoms with Crippen LogP contribution in [0.1, 0.15) is 31.4 Å². The van der Waals surface area contributed by atoms with Gasteiger partial charge in [0.2, 0.25) is 5.75 Å². The number of nitro benzene ring substituents is 1. The van der Waals surface area contributed by atoms with Crippen LogP contribution in [0.4, 0.5) is 5.69 Å². The van der Waals surface area contributed by atoms with Crippen LogP contribution in [0.3, 0.4) is 0 Å². The molecular formula is C10H14N2O4. The molecule has 0 bridgehead atoms. The molecule has 1 rings (SSSR count). The van der Waals surface area contributed by atoms with Crippen LogP contribution >= 0.6 is 0 Å². The van der Waals surface area contributed by atoms with E-state index in [0.717, 1.165) is 6.42 Å². The van der Waals surface area contributed by atoms with Crippen LogP contribution in [0.15, 0.2) is 12.1 Å². The minimum absolute atomic E-state index is 0.379. The van der Waals surface area contributed by atoms with Gasteiger partial charge in [-0.3, -0.25) is 10.1 Å². The summed E-state index contributed by atoms with van der Waals surface area (Å²) in [6.07, 6.45) is 1.48. The van der Waals surface area contributed by atoms with Crippen molar-refractivity contribution in [3.05, 3.63) is 27.8 Å². The van der Waals surface area contributed by atoms with E-state index < -0.39 is 22.1 Å². The molecule has 0 fully saturated rings. The second-order valence-electron chi connectivity index (χ2n) is 3.56. The smallest absolute Gasteiger partial charge is 0.314 e. The number of phenolic OH excluding ortho intramolecular Hbond substituents is 2. The van der Waals surface area contributed by atoms with Crippen LogP contribution in [-0.4, -0.2) is 15.1 Å². The number of benzene rings is 1. The minimum atomic E-state index is -0.753. The van der Waals surface area contributed by atoms with Crippen LogP contribution < -0.4 is 5.73 Å². The highest BCUT2D eigenvalue weighted by molar-refractivity contribution is 5.56. The molecule has 1 atom stereocenters. The fourth-order valence-corrected chi connectivity index (χ4v) is 1.46. The van der Waals surface area contributed by atoms with Crippen molar-refractivity contribution in [3.8, 4) is 11.5 Å². The van der Waals surface area contributed by atoms with Gasteiger partial charge in [-0.15, -0.1) is 0 Å². The lowest BCUT2D eigenvalue weighted by molar-refractivity contribution is -0.386. The number of phenols is 2. The molecule has 88 valence electrons. The zero-order valence-corrected chi connectivity index (χ0v) is 8.88. The van der Waals surface area contributed by atoms with E-state index in [4.69, 9.17) is 5.73 Å². The van der Waals surface area contributed by atoms with Crippen LogP contribution in [0.2, 0.25) is 0 Å². The minimum Gasteiger partial charge on any atom is -0.504 e. The molecule has 0 heterocycles. The molecule has 0 aliphatic carbocycles. The third-order valence-corrected chi connectivity index (χ3v) is 2.32. The molecule has 1 aromatic carbocycles. The molecule has 0 spiro atoms. The zero-order chi connectivity index (χ0) is 12.3. The third-order valence-electron chi connectivity index (χ3n) is 2.32. The van der Waals surface area contributed by atoms with E-state index in [-0.39, 0.29) is 6.04 Å². The van der Waals surface area contributed by atoms with Crippen molar-refractivity contribution in [1.29, 1.82) is 0 Å². The second-order valence-corrected chi connectivity index (χ2v) is 3.56. The van der Waals surface area contributed by atoms with Crippen LogP contribution in [-0.2, 0) is 0 Å². The summed E-state index contributed by atoms with van der Waals surface area (Å²) in [6, 6.07) is 2.06. The van der Waals surface area contributed by atoms with E-state index in [1.54, 1.807) is 0 Å². The average Bonchev–Trinajstić information content (AvgIpc) is 2.21. The van der Waals surface area contributed by atoms with E-state index in [2.05, 4.69) is 0 Å². The second kappa shape index (κ2) is 4.80. The summed E-state index contributed by atoms with van der Waals surface area (Å²) in [6.45, 7) is 1.94. The third kappa shape index (κ3) is 2.40. The summed E-state index contributed by atoms with van der Waals surface area (Å²) < 4.78 is 0. The van der Waals surface area contributed by atoms with E-state index in [1.807, 2.05) is 6.92 Å². The Morgan fingerprint density at radius 3 is 2.62 bits per heavy atom. The highest BCUT2D eigenvalue weighted by Crippen LogP contribution is 2.37. The Kier molecular flexibility index (Phi) is 3.68. The molecule has 1 aromatic rings. The SMILES string of the molecule is CCC[C@H](N)c1cc(O)c(O)c([N+](=O)[O-])c1. The Hall–Kier alpha value is -1.82. The fraction of sp³-hybridized carbons (Fsp3) is 0.400. The molecule has 4 N–H and O–H groups in total. The lowest BCUT2D eigenvalue weighted by atomic mass is 10.0. The summed E-state index contributed by atoms with van der Waals surface area (Å²) in [5.41, 5.74) is 5.70. The van der Waals surface area contributed by atoms with Crippen molar-refractivity contribution in [2.75, 3.05) is 0 Å². The quantitative estimate of drug-likeness (QED) is 0.412. The molecule has 0 saturated heterocycles. The molecule has 0 radical (unpaired) electrons. The predicted octanol–water partition coefficient (Wildman–Crippen LogP) is 1.81. The number of nitro groups is 1. The predicted molar refractivity (Wildman–Crippen MR) is 58.3 cm³/mol. The van der Waals surface area contributed by atoms with E-state index in [1.165, 1.54) is 12.1 Å². The van der Waals surface area contributed by atoms with Crippen LogP contribution in [0, 0.1) is 10.1 Å². The Balaban J connectivity index is 3.18. The van der Waals surface area contributed by atoms with Gasteiger partial charge < -0.3 is 15.9 Å². The number of aromatic hydroxyl groups is 2. The molecular weight excluding hydrogens is 212 g/mol. The standard InChI is InChI=1S/C10H14N2O4/c1-2-3-7(11)6-4-8(12(15)16)10(14)9(13)5-6/h4-5,7,13-14H,2-3,11H2,1H3/t7-/m0/s1. The van der Waals surface area contributed by atoms with Crippen molar-refractivity contribution < 1.29 is 15.1 Å². The van der Waals surface area contributed by atoms with Crippen molar-refractivity contribution in [1.82, 2.24) is 0 Å². The largest absolute Gasteiger partial charge is 0.504 e. The van der Waals surface area contributed by atoms with Gasteiger partial charge in [0.1, 0.15) is 0 Å². The molecule has 0 aliphatic rings. The lowest BCUT2D eigenvalue weighted by Gasteiger charge is -2.11. The Morgan fingerprint density at radius 2 is 2.12 bits per heavy atom. The topological polar surface area (TPSA) is 110 Å². The number of hydrogen-bond donors (Lipinski definition) is 3. The first-order valence-corrected chi connectivity index (χ1v) is 4.93. The Labute approximate surface area is 92.5 Å². The summed E-state index contributed by atoms with van der Waals surface area (Å²) >= 11 is 0. The van der Waals surface area contributed by atoms with Crippen LogP contribution in [0.5, 0.6) is 11.5 Å². The monoisotopic (exact) mass is 226 g/mol. The molecule has 0 unspecified atom stereocenters. The normalized spacial score (nSPS) is 12.4. The highest BCUT2D eigenvalue weighted by atomic mass is 16.6. The maximum atomic E-state index is 10.6. The number of rotatable bonds is 4. The first-order chi connectivity index (χ1) is 7.47. The molecule has 0 aliphatic heterocycles. The average molecular weight is 226 g/mol. The molecule has 0 saturated carbocycles. The first-order valence-electron chi connectivity index (χ1n) is 4.93. The van der Waals surface area contributed by atoms with Gasteiger partial charge in [-0.05, 0) is 18.1 Å². The summed E-state index contributed by atoms with van der Waals surface area (Å²) in [5, 5.41) is 29.2. The van der Waals surface area contributed by atoms with Gasteiger partial charge in [0.25, 0.3) is 0 Å². The van der Waals surface area contributed by atoms with E-state index >= 15 is 0 Å². The fourth-order valence-electron chi connectivity index (χ4n) is 1.46. The van der Waals surface area contributed by atoms with Gasteiger partial charge in [-0.1, -0.05) is 13.3 Å². The summed E-state index contributed by atoms with van der Waals surface area (Å²) in [4.78, 5) is 9.85. The number of hydrogen-bond acceptors (Lipinski definition) is 5. The van der Waals surface area contributed by atoms with Gasteiger partial charge in [-0.2, -0.15) is 0 Å². The van der Waals surface area contributed by atoms with E-state index in [9.17, 15) is 20.3 Å². The molecule has 6 nitrogen and oxygen atoms in total.